The summed E-state index contributed by atoms with van der Waals surface area (Å²) < 4.78 is 54.9. The van der Waals surface area contributed by atoms with Crippen molar-refractivity contribution in [2.45, 2.75) is 163 Å². The van der Waals surface area contributed by atoms with Gasteiger partial charge >= 0.3 is 18.2 Å². The van der Waals surface area contributed by atoms with E-state index in [-0.39, 0.29) is 42.2 Å². The number of halogens is 2. The number of aliphatic hydroxyl groups is 7. The number of primary amides is 1. The number of fused-ring (bicyclic) bond motifs is 16. The molecule has 0 aliphatic carbocycles. The summed E-state index contributed by atoms with van der Waals surface area (Å²) in [5.41, 5.74) is 1.79. The molecule has 11 rings (SSSR count). The van der Waals surface area contributed by atoms with Gasteiger partial charge in [0.1, 0.15) is 109 Å². The zero-order chi connectivity index (χ0) is 86.6. The van der Waals surface area contributed by atoms with Crippen LogP contribution in [0, 0.1) is 11.8 Å². The van der Waals surface area contributed by atoms with Crippen molar-refractivity contribution in [3.8, 4) is 57.1 Å². The van der Waals surface area contributed by atoms with Crippen LogP contribution in [-0.4, -0.2) is 229 Å². The number of aliphatic hydroxyl groups excluding tert-OH is 7. The number of nitrogens with two attached hydrogens (primary N) is 1. The molecule has 6 heterocycles. The maximum atomic E-state index is 15.7. The number of carbonyl (C=O) groups excluding carboxylic acids is 9. The van der Waals surface area contributed by atoms with Crippen LogP contribution in [0.15, 0.2) is 117 Å². The number of ether oxygens (including phenoxy) is 9. The fourth-order valence-electron chi connectivity index (χ4n) is 13.7. The molecule has 8 amide bonds. The fraction of sp³-hybridized carbons (Fsp3) is 0.430. The first-order valence-corrected chi connectivity index (χ1v) is 37.8. The predicted octanol–water partition coefficient (Wildman–Crippen LogP) is 3.41. The molecule has 37 nitrogen and oxygen atoms in total. The van der Waals surface area contributed by atoms with E-state index >= 15 is 9.59 Å². The summed E-state index contributed by atoms with van der Waals surface area (Å²) in [4.78, 5) is 130. The number of nitrogens with zero attached hydrogens (tertiary/aromatic N) is 1. The summed E-state index contributed by atoms with van der Waals surface area (Å²) in [6.45, 7) is 16.2. The number of aromatic hydroxyl groups is 3. The average molecular weight is 1690 g/mol. The molecule has 6 aliphatic rings. The molecule has 19 unspecified atom stereocenters. The normalized spacial score (nSPS) is 26.9. The first-order chi connectivity index (χ1) is 55.8. The molecule has 0 radical (unpaired) electrons. The van der Waals surface area contributed by atoms with Gasteiger partial charge in [-0.05, 0) is 103 Å². The number of alkyl carbamates (subject to hydrolysis) is 1. The molecule has 19 atom stereocenters. The second-order valence-electron chi connectivity index (χ2n) is 28.9. The highest BCUT2D eigenvalue weighted by molar-refractivity contribution is 6.32. The molecule has 5 aromatic rings. The van der Waals surface area contributed by atoms with E-state index in [1.807, 2.05) is 0 Å². The van der Waals surface area contributed by atoms with Gasteiger partial charge in [0.25, 0.3) is 0 Å². The second kappa shape index (κ2) is 39.6. The number of carbonyl (C=O) groups is 9. The van der Waals surface area contributed by atoms with Gasteiger partial charge in [0, 0.05) is 43.3 Å². The van der Waals surface area contributed by atoms with E-state index in [0.29, 0.717) is 0 Å². The van der Waals surface area contributed by atoms with Crippen molar-refractivity contribution in [1.82, 2.24) is 42.1 Å². The van der Waals surface area contributed by atoms with Crippen LogP contribution in [0.25, 0.3) is 11.1 Å². The topological polar surface area (TPSA) is 552 Å². The molecule has 2 fully saturated rings. The standard InChI is InChI=1S/C79H95Cl2N9O28/c1-11-20-110-75(107)60-43-29-41(92)30-49(94)57(43)42-24-37(14-17-48(42)93)58(72(104)83-9)86-73(105)59-40-27-52(114-50-18-15-38(25-44(50)80)62(96)35(6)69(101)87-60)66(118-76-67(65(99)64(98)54(33-91)116-76)117-56-32-79(8,68(100)36(7)113-56)89-77(108)111-21-12-2)53(28-40)115-51-19-16-39(26-45(51)81)63(97)61(74(106)84-46(31-55(82)95)70(102)85-59)88-71(103)47(23-34(4)5)90(10)78(109)112-22-13-3/h11-19,24-30,34-36,46-47,54,56,58-65,67-68,73,76,86,91-94,96-100,105H,1-3,20-23,31-33H2,4-10H3,(H2,82,95)(H,83,104)(H,84,106)(H,85,102)(H,87,101)(H,88,103)(H,89,108). The molecule has 5 aromatic carbocycles. The van der Waals surface area contributed by atoms with Crippen LogP contribution in [0.1, 0.15) is 112 Å². The molecule has 6 aliphatic heterocycles. The summed E-state index contributed by atoms with van der Waals surface area (Å²) in [6.07, 6.45) is -20.7. The minimum absolute atomic E-state index is 0.0782. The monoisotopic (exact) mass is 1690 g/mol. The molecule has 19 N–H and O–H groups in total. The van der Waals surface area contributed by atoms with Crippen LogP contribution in [0.2, 0.25) is 10.0 Å². The lowest BCUT2D eigenvalue weighted by molar-refractivity contribution is -0.334. The maximum absolute atomic E-state index is 15.7. The first kappa shape index (κ1) is 91.0. The Hall–Kier alpha value is -10.9. The van der Waals surface area contributed by atoms with Gasteiger partial charge in [-0.1, -0.05) is 100 Å². The highest BCUT2D eigenvalue weighted by atomic mass is 35.5. The zero-order valence-corrected chi connectivity index (χ0v) is 66.4. The van der Waals surface area contributed by atoms with Gasteiger partial charge in [0.15, 0.2) is 29.9 Å². The minimum Gasteiger partial charge on any atom is -0.508 e. The number of hydrogen-bond acceptors (Lipinski definition) is 29. The fourth-order valence-corrected chi connectivity index (χ4v) is 14.1. The summed E-state index contributed by atoms with van der Waals surface area (Å²) in [5, 5.41) is 136. The summed E-state index contributed by atoms with van der Waals surface area (Å²) in [6, 6.07) is 2.04. The highest BCUT2D eigenvalue weighted by Gasteiger charge is 2.53. The Kier molecular flexibility index (Phi) is 30.5. The number of rotatable bonds is 21. The number of likely N-dealkylation sites (N-methyl/N-ethyl adjacent to an activating group) is 2. The van der Waals surface area contributed by atoms with Crippen LogP contribution in [0.4, 0.5) is 9.59 Å². The number of phenolic OH excluding ortho intramolecular Hbond substituents is 3. The summed E-state index contributed by atoms with van der Waals surface area (Å²) in [7, 11) is 2.41. The predicted molar refractivity (Wildman–Crippen MR) is 416 cm³/mol. The first-order valence-electron chi connectivity index (χ1n) is 37.0. The number of nitrogens with one attached hydrogen (secondary N) is 7. The Labute approximate surface area is 685 Å². The average Bonchev–Trinajstić information content (AvgIpc) is 0.764. The summed E-state index contributed by atoms with van der Waals surface area (Å²) >= 11 is 14.3. The molecule has 118 heavy (non-hydrogen) atoms. The maximum Gasteiger partial charge on any atom is 0.410 e. The highest BCUT2D eigenvalue weighted by Crippen LogP contribution is 2.50. The second-order valence-corrected chi connectivity index (χ2v) is 29.7. The lowest BCUT2D eigenvalue weighted by Gasteiger charge is -2.48. The van der Waals surface area contributed by atoms with Gasteiger partial charge in [-0.25, -0.2) is 14.4 Å². The molecule has 0 saturated carbocycles. The van der Waals surface area contributed by atoms with Gasteiger partial charge in [0.2, 0.25) is 47.5 Å². The van der Waals surface area contributed by atoms with E-state index in [9.17, 15) is 84.6 Å². The van der Waals surface area contributed by atoms with Crippen molar-refractivity contribution in [2.24, 2.45) is 17.6 Å². The van der Waals surface area contributed by atoms with Crippen molar-refractivity contribution >= 4 is 76.8 Å². The molecular formula is C79H95Cl2N9O28. The molecule has 2 saturated heterocycles. The third-order valence-corrected chi connectivity index (χ3v) is 20.5. The third-order valence-electron chi connectivity index (χ3n) is 19.9. The van der Waals surface area contributed by atoms with Crippen molar-refractivity contribution in [3.05, 3.63) is 155 Å². The Morgan fingerprint density at radius 3 is 1.92 bits per heavy atom. The molecule has 0 aromatic heterocycles. The quantitative estimate of drug-likeness (QED) is 0.0284. The number of hydrogen-bond donors (Lipinski definition) is 18. The van der Waals surface area contributed by atoms with E-state index in [4.69, 9.17) is 71.6 Å². The molecule has 0 spiro atoms. The Balaban J connectivity index is 1.33. The lowest BCUT2D eigenvalue weighted by Crippen LogP contribution is -2.66. The van der Waals surface area contributed by atoms with Crippen molar-refractivity contribution in [2.75, 3.05) is 40.5 Å². The van der Waals surface area contributed by atoms with Gasteiger partial charge in [-0.15, -0.1) is 0 Å². The van der Waals surface area contributed by atoms with Crippen LogP contribution in [0.5, 0.6) is 46.0 Å². The third kappa shape index (κ3) is 21.1. The molecule has 9 bridgehead atoms. The largest absolute Gasteiger partial charge is 0.508 e. The van der Waals surface area contributed by atoms with Crippen molar-refractivity contribution < 1.29 is 137 Å². The lowest BCUT2D eigenvalue weighted by atomic mass is 9.85. The number of esters is 1. The van der Waals surface area contributed by atoms with E-state index in [0.717, 1.165) is 65.6 Å². The van der Waals surface area contributed by atoms with E-state index < -0.39 is 273 Å². The Morgan fingerprint density at radius 1 is 0.720 bits per heavy atom. The Bertz CT molecular complexity index is 4600. The number of benzene rings is 5. The summed E-state index contributed by atoms with van der Waals surface area (Å²) in [5.74, 6) is -15.4. The van der Waals surface area contributed by atoms with Crippen LogP contribution >= 0.6 is 23.2 Å². The van der Waals surface area contributed by atoms with Gasteiger partial charge in [-0.2, -0.15) is 0 Å². The van der Waals surface area contributed by atoms with Crippen molar-refractivity contribution in [3.63, 3.8) is 0 Å². The number of phenols is 3. The van der Waals surface area contributed by atoms with Crippen LogP contribution < -0.4 is 57.2 Å². The van der Waals surface area contributed by atoms with Crippen LogP contribution in [-0.2, 0) is 62.0 Å². The zero-order valence-electron chi connectivity index (χ0n) is 64.9. The smallest absolute Gasteiger partial charge is 0.410 e. The van der Waals surface area contributed by atoms with Crippen LogP contribution in [0.3, 0.4) is 0 Å². The van der Waals surface area contributed by atoms with E-state index in [1.165, 1.54) is 71.3 Å². The SMILES string of the molecule is C=CCOC(=O)NC1(C)CC(OC2C(Oc3c4cc5cc3Oc3ccc(cc3Cl)C(O)C(NC(=O)C(CC(C)C)N(C)C(=O)OCC=C)C(=O)NC(CC(N)=O)C(=O)NC5C(O)NC(C(=O)NC)c3ccc(O)c(c3)-c3c(O)cc(O)cc3C(C(=O)OCC=C)NC(=O)C(C)C(O)c3ccc(c(Cl)c3)O4)OC(CO)C(O)C2O)OC(C)C1O. The molecular weight excluding hydrogens is 1590 g/mol. The van der Waals surface area contributed by atoms with Crippen molar-refractivity contribution in [1.29, 1.82) is 0 Å². The van der Waals surface area contributed by atoms with Gasteiger partial charge < -0.3 is 131 Å². The van der Waals surface area contributed by atoms with E-state index in [1.54, 1.807) is 13.8 Å². The number of amides is 8. The van der Waals surface area contributed by atoms with Gasteiger partial charge in [-0.3, -0.25) is 39.0 Å². The van der Waals surface area contributed by atoms with Gasteiger partial charge in [0.05, 0.1) is 52.8 Å². The molecule has 39 heteroatoms. The molecule has 638 valence electrons. The minimum atomic E-state index is -2.47. The Morgan fingerprint density at radius 2 is 1.33 bits per heavy atom. The van der Waals surface area contributed by atoms with E-state index in [2.05, 4.69) is 57.0 Å².